The van der Waals surface area contributed by atoms with Gasteiger partial charge in [0.15, 0.2) is 0 Å². The van der Waals surface area contributed by atoms with E-state index in [4.69, 9.17) is 9.47 Å². The first kappa shape index (κ1) is 17.4. The Balaban J connectivity index is 2.15. The van der Waals surface area contributed by atoms with Crippen LogP contribution in [0.5, 0.6) is 0 Å². The van der Waals surface area contributed by atoms with Crippen LogP contribution in [0.25, 0.3) is 0 Å². The van der Waals surface area contributed by atoms with E-state index in [9.17, 15) is 4.79 Å². The van der Waals surface area contributed by atoms with Gasteiger partial charge in [-0.2, -0.15) is 0 Å². The number of unbranched alkanes of at least 4 members (excludes halogenated alkanes) is 1. The molecule has 1 fully saturated rings. The van der Waals surface area contributed by atoms with Crippen molar-refractivity contribution in [3.63, 3.8) is 0 Å². The predicted octanol–water partition coefficient (Wildman–Crippen LogP) is 3.05. The van der Waals surface area contributed by atoms with Gasteiger partial charge in [-0.1, -0.05) is 25.7 Å². The number of rotatable bonds is 8. The van der Waals surface area contributed by atoms with Gasteiger partial charge in [-0.05, 0) is 46.1 Å². The van der Waals surface area contributed by atoms with Crippen LogP contribution in [-0.2, 0) is 14.3 Å². The van der Waals surface area contributed by atoms with Crippen LogP contribution in [0.2, 0.25) is 0 Å². The summed E-state index contributed by atoms with van der Waals surface area (Å²) < 4.78 is 10.8. The first-order valence-corrected chi connectivity index (χ1v) is 8.01. The lowest BCUT2D eigenvalue weighted by Crippen LogP contribution is -2.48. The molecular weight excluding hydrogens is 254 g/mol. The molecule has 118 valence electrons. The molecule has 0 heterocycles. The molecule has 1 aliphatic rings. The van der Waals surface area contributed by atoms with Crippen molar-refractivity contribution < 1.29 is 14.3 Å². The van der Waals surface area contributed by atoms with Crippen molar-refractivity contribution in [1.82, 2.24) is 5.32 Å². The molecule has 0 spiro atoms. The molecule has 4 nitrogen and oxygen atoms in total. The highest BCUT2D eigenvalue weighted by Crippen LogP contribution is 2.20. The Morgan fingerprint density at radius 3 is 2.40 bits per heavy atom. The molecule has 0 saturated heterocycles. The lowest BCUT2D eigenvalue weighted by molar-refractivity contribution is -0.148. The first-order chi connectivity index (χ1) is 9.62. The van der Waals surface area contributed by atoms with Crippen molar-refractivity contribution in [2.24, 2.45) is 0 Å². The number of ether oxygens (including phenoxy) is 2. The fraction of sp³-hybridized carbons (Fsp3) is 0.938. The summed E-state index contributed by atoms with van der Waals surface area (Å²) >= 11 is 0. The van der Waals surface area contributed by atoms with E-state index in [1.165, 1.54) is 45.6 Å². The average molecular weight is 285 g/mol. The largest absolute Gasteiger partial charge is 0.468 e. The number of hydrogen-bond donors (Lipinski definition) is 1. The highest BCUT2D eigenvalue weighted by Gasteiger charge is 2.31. The first-order valence-electron chi connectivity index (χ1n) is 8.01. The second-order valence-electron chi connectivity index (χ2n) is 6.02. The third-order valence-electron chi connectivity index (χ3n) is 4.41. The number of carbonyl (C=O) groups excluding carboxylic acids is 1. The molecule has 1 N–H and O–H groups in total. The van der Waals surface area contributed by atoms with Crippen LogP contribution in [0.15, 0.2) is 0 Å². The topological polar surface area (TPSA) is 47.6 Å². The fourth-order valence-electron chi connectivity index (χ4n) is 2.79. The van der Waals surface area contributed by atoms with Gasteiger partial charge in [-0.25, -0.2) is 0 Å². The standard InChI is InChI=1S/C16H31NO3/c1-16(17-2,15(18)19-3)12-8-9-13-20-14-10-6-4-5-7-11-14/h14,17H,4-13H2,1-3H3. The van der Waals surface area contributed by atoms with Crippen LogP contribution in [0, 0.1) is 0 Å². The van der Waals surface area contributed by atoms with Gasteiger partial charge in [0.05, 0.1) is 13.2 Å². The van der Waals surface area contributed by atoms with E-state index < -0.39 is 5.54 Å². The minimum atomic E-state index is -0.572. The maximum absolute atomic E-state index is 11.7. The summed E-state index contributed by atoms with van der Waals surface area (Å²) in [7, 11) is 3.24. The van der Waals surface area contributed by atoms with Crippen molar-refractivity contribution in [2.45, 2.75) is 76.4 Å². The van der Waals surface area contributed by atoms with E-state index in [2.05, 4.69) is 5.32 Å². The van der Waals surface area contributed by atoms with Gasteiger partial charge >= 0.3 is 5.97 Å². The Morgan fingerprint density at radius 1 is 1.20 bits per heavy atom. The van der Waals surface area contributed by atoms with Crippen LogP contribution >= 0.6 is 0 Å². The second-order valence-corrected chi connectivity index (χ2v) is 6.02. The Morgan fingerprint density at radius 2 is 1.85 bits per heavy atom. The van der Waals surface area contributed by atoms with Crippen LogP contribution in [0.4, 0.5) is 0 Å². The summed E-state index contributed by atoms with van der Waals surface area (Å²) in [6.45, 7) is 2.70. The molecule has 1 aliphatic carbocycles. The van der Waals surface area contributed by atoms with Gasteiger partial charge in [0, 0.05) is 6.61 Å². The van der Waals surface area contributed by atoms with E-state index in [0.29, 0.717) is 6.10 Å². The fourth-order valence-corrected chi connectivity index (χ4v) is 2.79. The molecule has 1 atom stereocenters. The maximum atomic E-state index is 11.7. The molecule has 0 radical (unpaired) electrons. The zero-order valence-electron chi connectivity index (χ0n) is 13.4. The molecule has 0 aromatic rings. The van der Waals surface area contributed by atoms with E-state index in [-0.39, 0.29) is 5.97 Å². The summed E-state index contributed by atoms with van der Waals surface area (Å²) in [6.07, 6.45) is 11.0. The normalized spacial score (nSPS) is 20.1. The second kappa shape index (κ2) is 9.35. The third-order valence-corrected chi connectivity index (χ3v) is 4.41. The maximum Gasteiger partial charge on any atom is 0.325 e. The van der Waals surface area contributed by atoms with Crippen LogP contribution in [-0.4, -0.2) is 38.4 Å². The zero-order valence-corrected chi connectivity index (χ0v) is 13.4. The third kappa shape index (κ3) is 5.80. The smallest absolute Gasteiger partial charge is 0.325 e. The van der Waals surface area contributed by atoms with Gasteiger partial charge in [0.2, 0.25) is 0 Å². The summed E-state index contributed by atoms with van der Waals surface area (Å²) in [5.74, 6) is -0.190. The number of likely N-dealkylation sites (N-methyl/N-ethyl adjacent to an activating group) is 1. The predicted molar refractivity (Wildman–Crippen MR) is 80.8 cm³/mol. The van der Waals surface area contributed by atoms with Gasteiger partial charge in [0.1, 0.15) is 5.54 Å². The molecule has 4 heteroatoms. The Labute approximate surface area is 123 Å². The zero-order chi connectivity index (χ0) is 14.8. The van der Waals surface area contributed by atoms with Crippen LogP contribution < -0.4 is 5.32 Å². The molecule has 0 aromatic carbocycles. The van der Waals surface area contributed by atoms with E-state index >= 15 is 0 Å². The van der Waals surface area contributed by atoms with Gasteiger partial charge in [-0.3, -0.25) is 4.79 Å². The molecular formula is C16H31NO3. The highest BCUT2D eigenvalue weighted by atomic mass is 16.5. The number of esters is 1. The molecule has 20 heavy (non-hydrogen) atoms. The number of hydrogen-bond acceptors (Lipinski definition) is 4. The summed E-state index contributed by atoms with van der Waals surface area (Å²) in [5, 5.41) is 3.06. The monoisotopic (exact) mass is 285 g/mol. The minimum absolute atomic E-state index is 0.190. The van der Waals surface area contributed by atoms with E-state index in [1.54, 1.807) is 7.05 Å². The van der Waals surface area contributed by atoms with Crippen molar-refractivity contribution in [1.29, 1.82) is 0 Å². The molecule has 0 aliphatic heterocycles. The lowest BCUT2D eigenvalue weighted by Gasteiger charge is -2.26. The Hall–Kier alpha value is -0.610. The molecule has 1 unspecified atom stereocenters. The van der Waals surface area contributed by atoms with Gasteiger partial charge in [-0.15, -0.1) is 0 Å². The van der Waals surface area contributed by atoms with Crippen molar-refractivity contribution in [3.05, 3.63) is 0 Å². The molecule has 1 saturated carbocycles. The molecule has 0 aromatic heterocycles. The van der Waals surface area contributed by atoms with Crippen LogP contribution in [0.1, 0.15) is 64.7 Å². The molecule has 1 rings (SSSR count). The van der Waals surface area contributed by atoms with Crippen molar-refractivity contribution >= 4 is 5.97 Å². The van der Waals surface area contributed by atoms with Gasteiger partial charge in [0.25, 0.3) is 0 Å². The molecule has 0 bridgehead atoms. The number of carbonyl (C=O) groups is 1. The Bertz CT molecular complexity index is 275. The van der Waals surface area contributed by atoms with E-state index in [0.717, 1.165) is 25.9 Å². The van der Waals surface area contributed by atoms with Gasteiger partial charge < -0.3 is 14.8 Å². The summed E-state index contributed by atoms with van der Waals surface area (Å²) in [4.78, 5) is 11.7. The SMILES string of the molecule is CNC(C)(CCCCOC1CCCCCC1)C(=O)OC. The van der Waals surface area contributed by atoms with Crippen LogP contribution in [0.3, 0.4) is 0 Å². The highest BCUT2D eigenvalue weighted by molar-refractivity contribution is 5.80. The lowest BCUT2D eigenvalue weighted by atomic mass is 9.95. The quantitative estimate of drug-likeness (QED) is 0.423. The summed E-state index contributed by atoms with van der Waals surface area (Å²) in [5.41, 5.74) is -0.572. The van der Waals surface area contributed by atoms with E-state index in [1.807, 2.05) is 6.92 Å². The number of methoxy groups -OCH3 is 1. The average Bonchev–Trinajstić information content (AvgIpc) is 2.74. The number of nitrogens with one attached hydrogen (secondary N) is 1. The van der Waals surface area contributed by atoms with Crippen molar-refractivity contribution in [3.8, 4) is 0 Å². The Kier molecular flexibility index (Phi) is 8.15. The van der Waals surface area contributed by atoms with Crippen molar-refractivity contribution in [2.75, 3.05) is 20.8 Å². The minimum Gasteiger partial charge on any atom is -0.468 e. The summed E-state index contributed by atoms with van der Waals surface area (Å²) in [6, 6.07) is 0. The molecule has 0 amide bonds.